The van der Waals surface area contributed by atoms with Crippen LogP contribution in [0.25, 0.3) is 0 Å². The lowest BCUT2D eigenvalue weighted by Gasteiger charge is -2.10. The summed E-state index contributed by atoms with van der Waals surface area (Å²) in [7, 11) is 0. The van der Waals surface area contributed by atoms with Crippen LogP contribution in [0.3, 0.4) is 0 Å². The maximum absolute atomic E-state index is 10.9. The number of carbonyl (C=O) groups excluding carboxylic acids is 1. The molecule has 1 amide bonds. The van der Waals surface area contributed by atoms with Crippen LogP contribution in [0.2, 0.25) is 0 Å². The first-order valence-electron chi connectivity index (χ1n) is 3.53. The SMILES string of the molecule is CSC1=NC2=NC(=O)C=C(O)C2S1. The third-order valence-corrected chi connectivity index (χ3v) is 3.81. The predicted octanol–water partition coefficient (Wildman–Crippen LogP) is 1.20. The van der Waals surface area contributed by atoms with Gasteiger partial charge in [-0.3, -0.25) is 4.79 Å². The van der Waals surface area contributed by atoms with Gasteiger partial charge in [-0.05, 0) is 6.26 Å². The highest BCUT2D eigenvalue weighted by molar-refractivity contribution is 8.39. The summed E-state index contributed by atoms with van der Waals surface area (Å²) in [4.78, 5) is 18.7. The van der Waals surface area contributed by atoms with Gasteiger partial charge in [0.2, 0.25) is 0 Å². The third-order valence-electron chi connectivity index (χ3n) is 1.60. The summed E-state index contributed by atoms with van der Waals surface area (Å²) >= 11 is 2.90. The molecule has 0 aromatic rings. The van der Waals surface area contributed by atoms with Gasteiger partial charge in [0.05, 0.1) is 0 Å². The van der Waals surface area contributed by atoms with E-state index in [2.05, 4.69) is 9.98 Å². The number of aliphatic hydroxyl groups is 1. The Balaban J connectivity index is 2.33. The van der Waals surface area contributed by atoms with Crippen molar-refractivity contribution in [1.29, 1.82) is 0 Å². The second-order valence-corrected chi connectivity index (χ2v) is 4.60. The zero-order valence-corrected chi connectivity index (χ0v) is 8.35. The fourth-order valence-electron chi connectivity index (χ4n) is 1.05. The Kier molecular flexibility index (Phi) is 2.17. The second kappa shape index (κ2) is 3.19. The molecule has 1 N–H and O–H groups in total. The maximum atomic E-state index is 10.9. The highest BCUT2D eigenvalue weighted by Gasteiger charge is 2.33. The number of hydrogen-bond acceptors (Lipinski definition) is 5. The van der Waals surface area contributed by atoms with Crippen LogP contribution in [0, 0.1) is 0 Å². The average Bonchev–Trinajstić information content (AvgIpc) is 2.47. The smallest absolute Gasteiger partial charge is 0.274 e. The quantitative estimate of drug-likeness (QED) is 0.658. The third kappa shape index (κ3) is 1.51. The molecule has 1 atom stereocenters. The summed E-state index contributed by atoms with van der Waals surface area (Å²) in [6.07, 6.45) is 3.03. The Morgan fingerprint density at radius 3 is 3.08 bits per heavy atom. The molecule has 0 aromatic heterocycles. The lowest BCUT2D eigenvalue weighted by atomic mass is 10.2. The highest BCUT2D eigenvalue weighted by atomic mass is 32.2. The number of hydrogen-bond donors (Lipinski definition) is 1. The van der Waals surface area contributed by atoms with Crippen LogP contribution in [0.5, 0.6) is 0 Å². The van der Waals surface area contributed by atoms with Crippen LogP contribution in [0.1, 0.15) is 0 Å². The van der Waals surface area contributed by atoms with Crippen LogP contribution in [0.4, 0.5) is 0 Å². The van der Waals surface area contributed by atoms with Crippen molar-refractivity contribution in [1.82, 2.24) is 0 Å². The number of aliphatic hydroxyl groups excluding tert-OH is 1. The summed E-state index contributed by atoms with van der Waals surface area (Å²) in [5.41, 5.74) is 0. The monoisotopic (exact) mass is 214 g/mol. The van der Waals surface area contributed by atoms with Crippen LogP contribution in [0.15, 0.2) is 21.8 Å². The van der Waals surface area contributed by atoms with Gasteiger partial charge in [-0.25, -0.2) is 4.99 Å². The van der Waals surface area contributed by atoms with Crippen LogP contribution >= 0.6 is 23.5 Å². The van der Waals surface area contributed by atoms with E-state index in [4.69, 9.17) is 0 Å². The van der Waals surface area contributed by atoms with E-state index in [-0.39, 0.29) is 11.0 Å². The molecule has 0 bridgehead atoms. The largest absolute Gasteiger partial charge is 0.510 e. The molecule has 4 nitrogen and oxygen atoms in total. The zero-order chi connectivity index (χ0) is 9.42. The van der Waals surface area contributed by atoms with E-state index in [1.807, 2.05) is 6.26 Å². The van der Waals surface area contributed by atoms with E-state index in [9.17, 15) is 9.90 Å². The van der Waals surface area contributed by atoms with Gasteiger partial charge < -0.3 is 5.11 Å². The number of aliphatic imine (C=N–C) groups is 2. The van der Waals surface area contributed by atoms with Crippen LogP contribution < -0.4 is 0 Å². The Bertz CT molecular complexity index is 360. The molecule has 1 unspecified atom stereocenters. The van der Waals surface area contributed by atoms with Crippen molar-refractivity contribution in [2.45, 2.75) is 5.25 Å². The number of carbonyl (C=O) groups is 1. The van der Waals surface area contributed by atoms with Crippen molar-refractivity contribution >= 4 is 39.6 Å². The summed E-state index contributed by atoms with van der Waals surface area (Å²) in [6, 6.07) is 0. The fraction of sp³-hybridized carbons (Fsp3) is 0.286. The minimum atomic E-state index is -0.435. The number of amidine groups is 1. The predicted molar refractivity (Wildman–Crippen MR) is 55.5 cm³/mol. The van der Waals surface area contributed by atoms with Gasteiger partial charge >= 0.3 is 0 Å². The van der Waals surface area contributed by atoms with Crippen molar-refractivity contribution < 1.29 is 9.90 Å². The van der Waals surface area contributed by atoms with E-state index in [1.54, 1.807) is 0 Å². The van der Waals surface area contributed by atoms with Crippen LogP contribution in [-0.4, -0.2) is 32.7 Å². The fourth-order valence-corrected chi connectivity index (χ4v) is 2.66. The molecular weight excluding hydrogens is 208 g/mol. The first kappa shape index (κ1) is 8.83. The first-order chi connectivity index (χ1) is 6.20. The molecule has 0 radical (unpaired) electrons. The van der Waals surface area contributed by atoms with Crippen LogP contribution in [-0.2, 0) is 4.79 Å². The van der Waals surface area contributed by atoms with E-state index in [0.29, 0.717) is 5.84 Å². The first-order valence-corrected chi connectivity index (χ1v) is 5.63. The summed E-state index contributed by atoms with van der Waals surface area (Å²) < 4.78 is 0.832. The molecule has 6 heteroatoms. The number of fused-ring (bicyclic) bond motifs is 1. The molecule has 2 aliphatic heterocycles. The number of rotatable bonds is 0. The average molecular weight is 214 g/mol. The zero-order valence-electron chi connectivity index (χ0n) is 6.72. The van der Waals surface area contributed by atoms with Gasteiger partial charge in [-0.15, -0.1) is 11.8 Å². The molecule has 2 aliphatic rings. The minimum Gasteiger partial charge on any atom is -0.510 e. The molecule has 2 rings (SSSR count). The Hall–Kier alpha value is -0.750. The van der Waals surface area contributed by atoms with Gasteiger partial charge in [0.15, 0.2) is 5.84 Å². The minimum absolute atomic E-state index is 0.0489. The number of amides is 1. The Morgan fingerprint density at radius 2 is 2.38 bits per heavy atom. The molecule has 0 fully saturated rings. The van der Waals surface area contributed by atoms with E-state index in [0.717, 1.165) is 10.5 Å². The van der Waals surface area contributed by atoms with Gasteiger partial charge in [-0.1, -0.05) is 11.8 Å². The summed E-state index contributed by atoms with van der Waals surface area (Å²) in [5, 5.41) is 9.16. The topological polar surface area (TPSA) is 62.0 Å². The van der Waals surface area contributed by atoms with Crippen molar-refractivity contribution in [3.05, 3.63) is 11.8 Å². The van der Waals surface area contributed by atoms with Gasteiger partial charge in [0.25, 0.3) is 5.91 Å². The lowest BCUT2D eigenvalue weighted by molar-refractivity contribution is -0.113. The molecule has 2 heterocycles. The molecule has 0 spiro atoms. The molecule has 0 aromatic carbocycles. The lowest BCUT2D eigenvalue weighted by Crippen LogP contribution is -2.20. The summed E-state index contributed by atoms with van der Waals surface area (Å²) in [5.74, 6) is 0.0302. The van der Waals surface area contributed by atoms with Crippen molar-refractivity contribution in [2.75, 3.05) is 6.26 Å². The van der Waals surface area contributed by atoms with E-state index >= 15 is 0 Å². The summed E-state index contributed by atoms with van der Waals surface area (Å²) in [6.45, 7) is 0. The highest BCUT2D eigenvalue weighted by Crippen LogP contribution is 2.33. The van der Waals surface area contributed by atoms with Crippen molar-refractivity contribution in [3.63, 3.8) is 0 Å². The van der Waals surface area contributed by atoms with Gasteiger partial charge in [0, 0.05) is 6.08 Å². The Labute approximate surface area is 83.2 Å². The number of nitrogens with zero attached hydrogens (tertiary/aromatic N) is 2. The van der Waals surface area contributed by atoms with Gasteiger partial charge in [0.1, 0.15) is 15.4 Å². The van der Waals surface area contributed by atoms with Crippen molar-refractivity contribution in [2.24, 2.45) is 9.98 Å². The second-order valence-electron chi connectivity index (χ2n) is 2.46. The molecular formula is C7H6N2O2S2. The van der Waals surface area contributed by atoms with E-state index < -0.39 is 5.91 Å². The molecule has 0 saturated heterocycles. The maximum Gasteiger partial charge on any atom is 0.274 e. The Morgan fingerprint density at radius 1 is 1.62 bits per heavy atom. The van der Waals surface area contributed by atoms with Crippen molar-refractivity contribution in [3.8, 4) is 0 Å². The number of dihydropyridines is 1. The number of thioether (sulfide) groups is 2. The van der Waals surface area contributed by atoms with E-state index in [1.165, 1.54) is 23.5 Å². The standard InChI is InChI=1S/C7H6N2O2S2/c1-12-7-9-6-5(13-7)3(10)2-4(11)8-6/h2,5,10H,1H3. The molecule has 0 aliphatic carbocycles. The molecule has 13 heavy (non-hydrogen) atoms. The normalized spacial score (nSPS) is 26.4. The molecule has 68 valence electrons. The molecule has 0 saturated carbocycles. The van der Waals surface area contributed by atoms with Gasteiger partial charge in [-0.2, -0.15) is 4.99 Å².